The maximum Gasteiger partial charge on any atom is 0.320 e. The molecule has 30 heavy (non-hydrogen) atoms. The Morgan fingerprint density at radius 3 is 1.43 bits per heavy atom. The van der Waals surface area contributed by atoms with Gasteiger partial charge in [0.2, 0.25) is 0 Å². The standard InChI is InChI=1S/C25H26N2O2Si/c1-4-25(2)23(28)26(3)24(29)27(25)30(20-14-8-5-9-15-20,21-16-10-6-11-17-21)22-18-12-7-13-19-22/h5-19H,4H2,1-3H3. The highest BCUT2D eigenvalue weighted by Crippen LogP contribution is 2.34. The molecule has 0 bridgehead atoms. The molecule has 0 N–H and O–H groups in total. The molecule has 0 radical (unpaired) electrons. The van der Waals surface area contributed by atoms with Crippen LogP contribution in [-0.4, -0.2) is 42.2 Å². The van der Waals surface area contributed by atoms with Crippen molar-refractivity contribution in [3.05, 3.63) is 91.0 Å². The molecular weight excluding hydrogens is 388 g/mol. The van der Waals surface area contributed by atoms with E-state index >= 15 is 0 Å². The second-order valence-corrected chi connectivity index (χ2v) is 11.5. The van der Waals surface area contributed by atoms with E-state index in [0.717, 1.165) is 15.6 Å². The smallest absolute Gasteiger partial charge is 0.320 e. The van der Waals surface area contributed by atoms with Crippen molar-refractivity contribution in [2.45, 2.75) is 25.8 Å². The maximum atomic E-state index is 13.7. The first-order valence-electron chi connectivity index (χ1n) is 10.3. The summed E-state index contributed by atoms with van der Waals surface area (Å²) in [5.41, 5.74) is -0.917. The predicted molar refractivity (Wildman–Crippen MR) is 123 cm³/mol. The summed E-state index contributed by atoms with van der Waals surface area (Å²) in [7, 11) is -1.48. The van der Waals surface area contributed by atoms with Crippen LogP contribution < -0.4 is 15.6 Å². The molecule has 152 valence electrons. The van der Waals surface area contributed by atoms with Gasteiger partial charge in [-0.25, -0.2) is 4.79 Å². The Morgan fingerprint density at radius 1 is 0.733 bits per heavy atom. The lowest BCUT2D eigenvalue weighted by atomic mass is 9.99. The van der Waals surface area contributed by atoms with E-state index in [-0.39, 0.29) is 11.9 Å². The van der Waals surface area contributed by atoms with Crippen LogP contribution in [0.3, 0.4) is 0 Å². The summed E-state index contributed by atoms with van der Waals surface area (Å²) >= 11 is 0. The van der Waals surface area contributed by atoms with Gasteiger partial charge in [0, 0.05) is 7.05 Å². The highest BCUT2D eigenvalue weighted by atomic mass is 28.3. The Labute approximate surface area is 178 Å². The Bertz CT molecular complexity index is 960. The molecule has 1 atom stereocenters. The van der Waals surface area contributed by atoms with Crippen LogP contribution in [0.25, 0.3) is 0 Å². The molecule has 0 saturated carbocycles. The maximum absolute atomic E-state index is 13.7. The quantitative estimate of drug-likeness (QED) is 0.366. The number of carbonyl (C=O) groups excluding carboxylic acids is 2. The summed E-state index contributed by atoms with van der Waals surface area (Å²) in [4.78, 5) is 28.3. The molecule has 4 nitrogen and oxygen atoms in total. The fourth-order valence-corrected chi connectivity index (χ4v) is 9.88. The van der Waals surface area contributed by atoms with Gasteiger partial charge in [-0.15, -0.1) is 0 Å². The summed E-state index contributed by atoms with van der Waals surface area (Å²) in [6, 6.07) is 30.4. The second kappa shape index (κ2) is 7.57. The van der Waals surface area contributed by atoms with Gasteiger partial charge in [0.1, 0.15) is 5.54 Å². The van der Waals surface area contributed by atoms with E-state index in [0.29, 0.717) is 6.42 Å². The molecule has 5 heteroatoms. The van der Waals surface area contributed by atoms with Gasteiger partial charge in [0.25, 0.3) is 14.1 Å². The summed E-state index contributed by atoms with van der Waals surface area (Å²) in [5.74, 6) is -0.144. The zero-order chi connectivity index (χ0) is 21.4. The van der Waals surface area contributed by atoms with Crippen molar-refractivity contribution in [2.24, 2.45) is 0 Å². The minimum atomic E-state index is -3.07. The lowest BCUT2D eigenvalue weighted by molar-refractivity contribution is -0.131. The number of benzene rings is 3. The number of amides is 3. The van der Waals surface area contributed by atoms with Crippen LogP contribution >= 0.6 is 0 Å². The third-order valence-corrected chi connectivity index (χ3v) is 11.2. The van der Waals surface area contributed by atoms with Crippen molar-refractivity contribution >= 4 is 35.7 Å². The Balaban J connectivity index is 2.16. The highest BCUT2D eigenvalue weighted by molar-refractivity contribution is 7.10. The first-order chi connectivity index (χ1) is 14.5. The molecule has 3 amide bonds. The van der Waals surface area contributed by atoms with E-state index in [1.54, 1.807) is 7.05 Å². The molecule has 0 aliphatic carbocycles. The number of carbonyl (C=O) groups is 2. The van der Waals surface area contributed by atoms with Gasteiger partial charge in [-0.2, -0.15) is 0 Å². The summed E-state index contributed by atoms with van der Waals surface area (Å²) < 4.78 is 1.93. The van der Waals surface area contributed by atoms with E-state index in [1.807, 2.05) is 73.0 Å². The molecule has 1 unspecified atom stereocenters. The number of likely N-dealkylation sites (N-methyl/N-ethyl adjacent to an activating group) is 1. The number of hydrogen-bond acceptors (Lipinski definition) is 2. The predicted octanol–water partition coefficient (Wildman–Crippen LogP) is 2.72. The number of nitrogens with zero attached hydrogens (tertiary/aromatic N) is 2. The van der Waals surface area contributed by atoms with E-state index < -0.39 is 13.8 Å². The van der Waals surface area contributed by atoms with Gasteiger partial charge in [-0.1, -0.05) is 97.9 Å². The first kappa shape index (κ1) is 20.1. The summed E-state index contributed by atoms with van der Waals surface area (Å²) in [5, 5.41) is 3.25. The van der Waals surface area contributed by atoms with Gasteiger partial charge in [-0.3, -0.25) is 9.69 Å². The molecule has 3 aromatic rings. The van der Waals surface area contributed by atoms with Crippen molar-refractivity contribution in [3.8, 4) is 0 Å². The molecule has 1 fully saturated rings. The van der Waals surface area contributed by atoms with Gasteiger partial charge < -0.3 is 4.57 Å². The minimum Gasteiger partial charge on any atom is -0.325 e. The van der Waals surface area contributed by atoms with Gasteiger partial charge >= 0.3 is 6.03 Å². The van der Waals surface area contributed by atoms with Gasteiger partial charge in [-0.05, 0) is 28.9 Å². The van der Waals surface area contributed by atoms with Crippen LogP contribution in [0.15, 0.2) is 91.0 Å². The lowest BCUT2D eigenvalue weighted by Crippen LogP contribution is -2.81. The topological polar surface area (TPSA) is 40.6 Å². The minimum absolute atomic E-state index is 0.144. The van der Waals surface area contributed by atoms with Crippen LogP contribution in [0.5, 0.6) is 0 Å². The molecular formula is C25H26N2O2Si. The van der Waals surface area contributed by atoms with E-state index in [1.165, 1.54) is 4.90 Å². The number of imide groups is 1. The van der Waals surface area contributed by atoms with Crippen LogP contribution in [0.1, 0.15) is 20.3 Å². The number of rotatable bonds is 5. The first-order valence-corrected chi connectivity index (χ1v) is 12.2. The van der Waals surface area contributed by atoms with Crippen LogP contribution in [0.2, 0.25) is 0 Å². The van der Waals surface area contributed by atoms with E-state index in [4.69, 9.17) is 0 Å². The summed E-state index contributed by atoms with van der Waals surface area (Å²) in [6.45, 7) is 3.89. The van der Waals surface area contributed by atoms with Gasteiger partial charge in [0.15, 0.2) is 0 Å². The fourth-order valence-electron chi connectivity index (χ4n) is 4.65. The largest absolute Gasteiger partial charge is 0.325 e. The molecule has 1 saturated heterocycles. The highest BCUT2D eigenvalue weighted by Gasteiger charge is 2.62. The van der Waals surface area contributed by atoms with Gasteiger partial charge in [0.05, 0.1) is 0 Å². The second-order valence-electron chi connectivity index (χ2n) is 7.92. The molecule has 4 rings (SSSR count). The third kappa shape index (κ3) is 2.73. The van der Waals surface area contributed by atoms with Crippen molar-refractivity contribution in [3.63, 3.8) is 0 Å². The number of hydrogen-bond donors (Lipinski definition) is 0. The monoisotopic (exact) mass is 414 g/mol. The Morgan fingerprint density at radius 2 is 1.10 bits per heavy atom. The molecule has 3 aromatic carbocycles. The zero-order valence-corrected chi connectivity index (χ0v) is 18.6. The SMILES string of the molecule is CCC1(C)C(=O)N(C)C(=O)N1[Si](c1ccccc1)(c1ccccc1)c1ccccc1. The van der Waals surface area contributed by atoms with E-state index in [2.05, 4.69) is 36.4 Å². The fraction of sp³-hybridized carbons (Fsp3) is 0.200. The molecule has 1 aliphatic rings. The van der Waals surface area contributed by atoms with Crippen molar-refractivity contribution in [2.75, 3.05) is 7.05 Å². The van der Waals surface area contributed by atoms with Crippen LogP contribution in [0, 0.1) is 0 Å². The molecule has 1 aliphatic heterocycles. The molecule has 0 aromatic heterocycles. The Kier molecular flexibility index (Phi) is 5.08. The zero-order valence-electron chi connectivity index (χ0n) is 17.6. The number of urea groups is 1. The van der Waals surface area contributed by atoms with Crippen molar-refractivity contribution in [1.82, 2.24) is 9.47 Å². The van der Waals surface area contributed by atoms with Crippen LogP contribution in [-0.2, 0) is 4.79 Å². The van der Waals surface area contributed by atoms with Crippen LogP contribution in [0.4, 0.5) is 4.79 Å². The van der Waals surface area contributed by atoms with Crippen molar-refractivity contribution < 1.29 is 9.59 Å². The van der Waals surface area contributed by atoms with Crippen molar-refractivity contribution in [1.29, 1.82) is 0 Å². The van der Waals surface area contributed by atoms with E-state index in [9.17, 15) is 9.59 Å². The lowest BCUT2D eigenvalue weighted by Gasteiger charge is -2.46. The average molecular weight is 415 g/mol. The average Bonchev–Trinajstić information content (AvgIpc) is 2.98. The summed E-state index contributed by atoms with van der Waals surface area (Å²) in [6.07, 6.45) is 0.545. The third-order valence-electron chi connectivity index (χ3n) is 6.34. The molecule has 1 heterocycles. The normalized spacial score (nSPS) is 19.4. The Hall–Kier alpha value is -3.18. The molecule has 0 spiro atoms.